The molecule has 0 aliphatic heterocycles. The summed E-state index contributed by atoms with van der Waals surface area (Å²) >= 11 is 0. The van der Waals surface area contributed by atoms with E-state index in [-0.39, 0.29) is 6.03 Å². The van der Waals surface area contributed by atoms with Gasteiger partial charge in [0.05, 0.1) is 11.9 Å². The number of aromatic nitrogens is 2. The Morgan fingerprint density at radius 1 is 1.19 bits per heavy atom. The van der Waals surface area contributed by atoms with Crippen LogP contribution in [0, 0.1) is 0 Å². The van der Waals surface area contributed by atoms with E-state index < -0.39 is 0 Å². The number of urea groups is 1. The molecule has 0 aliphatic carbocycles. The fourth-order valence-electron chi connectivity index (χ4n) is 2.26. The molecule has 5 heteroatoms. The maximum absolute atomic E-state index is 11.7. The first-order valence-electron chi connectivity index (χ1n) is 6.83. The van der Waals surface area contributed by atoms with Gasteiger partial charge in [0.25, 0.3) is 0 Å². The van der Waals surface area contributed by atoms with Crippen LogP contribution in [0.2, 0.25) is 0 Å². The quantitative estimate of drug-likeness (QED) is 0.687. The molecule has 0 spiro atoms. The summed E-state index contributed by atoms with van der Waals surface area (Å²) in [6.45, 7) is 0.577. The van der Waals surface area contributed by atoms with Crippen molar-refractivity contribution in [2.45, 2.75) is 6.42 Å². The van der Waals surface area contributed by atoms with Crippen LogP contribution in [0.1, 0.15) is 5.56 Å². The minimum absolute atomic E-state index is 0.220. The van der Waals surface area contributed by atoms with Crippen molar-refractivity contribution in [3.63, 3.8) is 0 Å². The number of rotatable bonds is 4. The SMILES string of the molecule is O=C(NCCc1c[nH]c2ccccc12)Nc1cccnc1. The van der Waals surface area contributed by atoms with E-state index in [1.807, 2.05) is 24.4 Å². The average Bonchev–Trinajstić information content (AvgIpc) is 2.92. The second-order valence-corrected chi connectivity index (χ2v) is 4.73. The van der Waals surface area contributed by atoms with Crippen LogP contribution in [0.5, 0.6) is 0 Å². The lowest BCUT2D eigenvalue weighted by atomic mass is 10.1. The van der Waals surface area contributed by atoms with Crippen LogP contribution in [0.25, 0.3) is 10.9 Å². The minimum atomic E-state index is -0.220. The maximum atomic E-state index is 11.7. The molecule has 0 atom stereocenters. The van der Waals surface area contributed by atoms with Gasteiger partial charge in [-0.25, -0.2) is 4.79 Å². The third-order valence-electron chi connectivity index (χ3n) is 3.27. The Morgan fingerprint density at radius 2 is 2.10 bits per heavy atom. The molecule has 21 heavy (non-hydrogen) atoms. The van der Waals surface area contributed by atoms with Crippen LogP contribution >= 0.6 is 0 Å². The third kappa shape index (κ3) is 3.20. The highest BCUT2D eigenvalue weighted by molar-refractivity contribution is 5.89. The Hall–Kier alpha value is -2.82. The van der Waals surface area contributed by atoms with Gasteiger partial charge >= 0.3 is 6.03 Å². The smallest absolute Gasteiger partial charge is 0.319 e. The van der Waals surface area contributed by atoms with Gasteiger partial charge in [-0.2, -0.15) is 0 Å². The normalized spacial score (nSPS) is 10.5. The molecule has 2 heterocycles. The lowest BCUT2D eigenvalue weighted by Gasteiger charge is -2.06. The van der Waals surface area contributed by atoms with Gasteiger partial charge in [0, 0.05) is 29.8 Å². The zero-order chi connectivity index (χ0) is 14.5. The summed E-state index contributed by atoms with van der Waals surface area (Å²) in [5, 5.41) is 6.78. The van der Waals surface area contributed by atoms with Crippen molar-refractivity contribution in [2.75, 3.05) is 11.9 Å². The number of hydrogen-bond donors (Lipinski definition) is 3. The summed E-state index contributed by atoms with van der Waals surface area (Å²) in [4.78, 5) is 18.9. The summed E-state index contributed by atoms with van der Waals surface area (Å²) in [6, 6.07) is 11.5. The molecule has 2 aromatic heterocycles. The van der Waals surface area contributed by atoms with E-state index >= 15 is 0 Å². The van der Waals surface area contributed by atoms with Crippen LogP contribution in [-0.4, -0.2) is 22.5 Å². The number of fused-ring (bicyclic) bond motifs is 1. The number of amides is 2. The zero-order valence-electron chi connectivity index (χ0n) is 11.5. The molecule has 3 rings (SSSR count). The van der Waals surface area contributed by atoms with Crippen molar-refractivity contribution in [1.29, 1.82) is 0 Å². The Balaban J connectivity index is 1.53. The van der Waals surface area contributed by atoms with Crippen LogP contribution in [-0.2, 0) is 6.42 Å². The molecule has 0 radical (unpaired) electrons. The molecule has 0 fully saturated rings. The highest BCUT2D eigenvalue weighted by atomic mass is 16.2. The van der Waals surface area contributed by atoms with Crippen LogP contribution < -0.4 is 10.6 Å². The van der Waals surface area contributed by atoms with Gasteiger partial charge < -0.3 is 15.6 Å². The Labute approximate surface area is 122 Å². The molecular weight excluding hydrogens is 264 g/mol. The van der Waals surface area contributed by atoms with Gasteiger partial charge in [-0.15, -0.1) is 0 Å². The molecule has 0 aliphatic rings. The molecule has 0 unspecified atom stereocenters. The summed E-state index contributed by atoms with van der Waals surface area (Å²) in [5.74, 6) is 0. The standard InChI is InChI=1S/C16H16N4O/c21-16(20-13-4-3-8-17-11-13)18-9-7-12-10-19-15-6-2-1-5-14(12)15/h1-6,8,10-11,19H,7,9H2,(H2,18,20,21). The second-order valence-electron chi connectivity index (χ2n) is 4.73. The largest absolute Gasteiger partial charge is 0.361 e. The fraction of sp³-hybridized carbons (Fsp3) is 0.125. The van der Waals surface area contributed by atoms with E-state index in [9.17, 15) is 4.79 Å². The number of anilines is 1. The first-order valence-corrected chi connectivity index (χ1v) is 6.83. The zero-order valence-corrected chi connectivity index (χ0v) is 11.5. The molecule has 5 nitrogen and oxygen atoms in total. The number of benzene rings is 1. The molecule has 3 aromatic rings. The Morgan fingerprint density at radius 3 is 2.95 bits per heavy atom. The first kappa shape index (κ1) is 13.2. The summed E-state index contributed by atoms with van der Waals surface area (Å²) < 4.78 is 0. The fourth-order valence-corrected chi connectivity index (χ4v) is 2.26. The Bertz CT molecular complexity index is 736. The maximum Gasteiger partial charge on any atom is 0.319 e. The number of nitrogens with one attached hydrogen (secondary N) is 3. The van der Waals surface area contributed by atoms with Gasteiger partial charge in [0.1, 0.15) is 0 Å². The van der Waals surface area contributed by atoms with Crippen molar-refractivity contribution < 1.29 is 4.79 Å². The number of carbonyl (C=O) groups is 1. The number of carbonyl (C=O) groups excluding carboxylic acids is 1. The number of para-hydroxylation sites is 1. The van der Waals surface area contributed by atoms with Crippen molar-refractivity contribution in [2.24, 2.45) is 0 Å². The number of pyridine rings is 1. The Kier molecular flexibility index (Phi) is 3.82. The van der Waals surface area contributed by atoms with Crippen molar-refractivity contribution in [3.05, 3.63) is 60.6 Å². The highest BCUT2D eigenvalue weighted by Gasteiger charge is 2.04. The predicted molar refractivity (Wildman–Crippen MR) is 83.3 cm³/mol. The molecule has 0 saturated carbocycles. The second kappa shape index (κ2) is 6.09. The monoisotopic (exact) mass is 280 g/mol. The minimum Gasteiger partial charge on any atom is -0.361 e. The predicted octanol–water partition coefficient (Wildman–Crippen LogP) is 2.93. The van der Waals surface area contributed by atoms with Crippen molar-refractivity contribution >= 4 is 22.6 Å². The molecule has 106 valence electrons. The number of H-pyrrole nitrogens is 1. The van der Waals surface area contributed by atoms with E-state index in [1.165, 1.54) is 10.9 Å². The van der Waals surface area contributed by atoms with Crippen LogP contribution in [0.3, 0.4) is 0 Å². The van der Waals surface area contributed by atoms with Crippen LogP contribution in [0.15, 0.2) is 55.0 Å². The van der Waals surface area contributed by atoms with E-state index in [0.717, 1.165) is 11.9 Å². The average molecular weight is 280 g/mol. The topological polar surface area (TPSA) is 69.8 Å². The van der Waals surface area contributed by atoms with E-state index in [1.54, 1.807) is 24.5 Å². The van der Waals surface area contributed by atoms with Gasteiger partial charge in [0.2, 0.25) is 0 Å². The number of hydrogen-bond acceptors (Lipinski definition) is 2. The molecule has 1 aromatic carbocycles. The van der Waals surface area contributed by atoms with Crippen molar-refractivity contribution in [1.82, 2.24) is 15.3 Å². The van der Waals surface area contributed by atoms with Gasteiger partial charge in [-0.1, -0.05) is 18.2 Å². The lowest BCUT2D eigenvalue weighted by molar-refractivity contribution is 0.252. The number of aromatic amines is 1. The summed E-state index contributed by atoms with van der Waals surface area (Å²) in [5.41, 5.74) is 3.00. The van der Waals surface area contributed by atoms with Gasteiger partial charge in [-0.3, -0.25) is 4.98 Å². The summed E-state index contributed by atoms with van der Waals surface area (Å²) in [7, 11) is 0. The molecule has 0 bridgehead atoms. The van der Waals surface area contributed by atoms with E-state index in [4.69, 9.17) is 0 Å². The molecular formula is C16H16N4O. The van der Waals surface area contributed by atoms with E-state index in [0.29, 0.717) is 12.2 Å². The highest BCUT2D eigenvalue weighted by Crippen LogP contribution is 2.17. The third-order valence-corrected chi connectivity index (χ3v) is 3.27. The summed E-state index contributed by atoms with van der Waals surface area (Å²) in [6.07, 6.45) is 6.05. The molecule has 2 amide bonds. The van der Waals surface area contributed by atoms with Gasteiger partial charge in [0.15, 0.2) is 0 Å². The molecule has 3 N–H and O–H groups in total. The number of nitrogens with zero attached hydrogens (tertiary/aromatic N) is 1. The first-order chi connectivity index (χ1) is 10.3. The van der Waals surface area contributed by atoms with E-state index in [2.05, 4.69) is 26.7 Å². The lowest BCUT2D eigenvalue weighted by Crippen LogP contribution is -2.30. The van der Waals surface area contributed by atoms with Crippen molar-refractivity contribution in [3.8, 4) is 0 Å². The van der Waals surface area contributed by atoms with Gasteiger partial charge in [-0.05, 0) is 30.2 Å². The molecule has 0 saturated heterocycles. The van der Waals surface area contributed by atoms with Crippen LogP contribution in [0.4, 0.5) is 10.5 Å².